The average molecular weight is 631 g/mol. The van der Waals surface area contributed by atoms with Crippen molar-refractivity contribution >= 4 is 42.5 Å². The summed E-state index contributed by atoms with van der Waals surface area (Å²) in [7, 11) is 0. The normalized spacial score (nSPS) is 23.5. The molecule has 2 saturated heterocycles. The van der Waals surface area contributed by atoms with Crippen LogP contribution in [0, 0.1) is 17.2 Å². The third-order valence-electron chi connectivity index (χ3n) is 8.92. The van der Waals surface area contributed by atoms with Crippen LogP contribution in [0.4, 0.5) is 4.39 Å². The second-order valence-electron chi connectivity index (χ2n) is 13.2. The van der Waals surface area contributed by atoms with Crippen molar-refractivity contribution in [3.05, 3.63) is 35.6 Å². The van der Waals surface area contributed by atoms with Crippen molar-refractivity contribution in [1.82, 2.24) is 26.2 Å². The molecule has 0 unspecified atom stereocenters. The molecule has 1 aromatic rings. The Kier molecular flexibility index (Phi) is 13.5. The Labute approximate surface area is 262 Å². The summed E-state index contributed by atoms with van der Waals surface area (Å²) in [5.74, 6) is -0.282. The van der Waals surface area contributed by atoms with Gasteiger partial charge >= 0.3 is 0 Å². The van der Waals surface area contributed by atoms with E-state index in [-0.39, 0.29) is 66.4 Å². The van der Waals surface area contributed by atoms with E-state index in [1.165, 1.54) is 18.6 Å². The first-order valence-electron chi connectivity index (χ1n) is 15.1. The van der Waals surface area contributed by atoms with E-state index < -0.39 is 17.5 Å². The van der Waals surface area contributed by atoms with Crippen molar-refractivity contribution in [2.75, 3.05) is 26.2 Å². The minimum Gasteiger partial charge on any atom is -0.351 e. The number of hydrogen-bond donors (Lipinski definition) is 4. The van der Waals surface area contributed by atoms with Crippen molar-refractivity contribution in [1.29, 1.82) is 0 Å². The molecular formula is C31H50Cl2FN5O3. The van der Waals surface area contributed by atoms with E-state index in [0.29, 0.717) is 44.9 Å². The van der Waals surface area contributed by atoms with Crippen molar-refractivity contribution in [2.45, 2.75) is 103 Å². The van der Waals surface area contributed by atoms with Gasteiger partial charge in [0.25, 0.3) is 0 Å². The lowest BCUT2D eigenvalue weighted by Gasteiger charge is -2.48. The third kappa shape index (κ3) is 9.28. The van der Waals surface area contributed by atoms with Crippen LogP contribution in [0.15, 0.2) is 24.3 Å². The lowest BCUT2D eigenvalue weighted by atomic mass is 9.63. The summed E-state index contributed by atoms with van der Waals surface area (Å²) in [4.78, 5) is 42.7. The van der Waals surface area contributed by atoms with Gasteiger partial charge in [-0.3, -0.25) is 14.4 Å². The lowest BCUT2D eigenvalue weighted by molar-refractivity contribution is -0.147. The number of halogens is 3. The molecule has 3 atom stereocenters. The van der Waals surface area contributed by atoms with Gasteiger partial charge in [0.2, 0.25) is 17.7 Å². The number of benzene rings is 1. The van der Waals surface area contributed by atoms with E-state index in [1.54, 1.807) is 12.1 Å². The minimum atomic E-state index is -0.773. The minimum absolute atomic E-state index is 0. The van der Waals surface area contributed by atoms with Gasteiger partial charge in [-0.15, -0.1) is 24.8 Å². The van der Waals surface area contributed by atoms with Crippen LogP contribution < -0.4 is 21.3 Å². The fraction of sp³-hybridized carbons (Fsp3) is 0.710. The van der Waals surface area contributed by atoms with Crippen LogP contribution >= 0.6 is 24.8 Å². The third-order valence-corrected chi connectivity index (χ3v) is 8.92. The number of carbonyl (C=O) groups is 3. The molecule has 1 aliphatic carbocycles. The molecule has 3 fully saturated rings. The highest BCUT2D eigenvalue weighted by atomic mass is 35.5. The van der Waals surface area contributed by atoms with Crippen LogP contribution in [0.1, 0.15) is 78.2 Å². The predicted octanol–water partition coefficient (Wildman–Crippen LogP) is 3.75. The SMILES string of the molecule is C[C@H]1CN[C@H](C(=O)N[C@H](Cc2ccc(F)cc2)C(=O)N2CCC(C(=O)NC(C)(C)C)(C3CCCCC3)CC2)CN1.Cl.Cl. The van der Waals surface area contributed by atoms with Gasteiger partial charge < -0.3 is 26.2 Å². The molecule has 1 saturated carbocycles. The van der Waals surface area contributed by atoms with E-state index in [2.05, 4.69) is 21.3 Å². The molecule has 4 N–H and O–H groups in total. The Balaban J connectivity index is 0.00000308. The van der Waals surface area contributed by atoms with Crippen LogP contribution in [-0.2, 0) is 20.8 Å². The molecule has 2 aliphatic heterocycles. The van der Waals surface area contributed by atoms with Crippen molar-refractivity contribution in [2.24, 2.45) is 11.3 Å². The Hall–Kier alpha value is -1.94. The zero-order chi connectivity index (χ0) is 28.9. The van der Waals surface area contributed by atoms with Crippen LogP contribution in [0.3, 0.4) is 0 Å². The molecule has 0 bridgehead atoms. The summed E-state index contributed by atoms with van der Waals surface area (Å²) < 4.78 is 13.6. The number of piperazine rings is 1. The van der Waals surface area contributed by atoms with Crippen molar-refractivity contribution < 1.29 is 18.8 Å². The first kappa shape index (κ1) is 36.3. The molecule has 238 valence electrons. The van der Waals surface area contributed by atoms with E-state index in [4.69, 9.17) is 0 Å². The number of piperidine rings is 1. The molecule has 1 aromatic carbocycles. The van der Waals surface area contributed by atoms with E-state index >= 15 is 0 Å². The molecule has 0 aromatic heterocycles. The molecule has 11 heteroatoms. The number of amides is 3. The lowest BCUT2D eigenvalue weighted by Crippen LogP contribution is -2.62. The highest BCUT2D eigenvalue weighted by Crippen LogP contribution is 2.46. The average Bonchev–Trinajstić information content (AvgIpc) is 2.93. The standard InChI is InChI=1S/C31H48FN5O3.2ClH/c1-21-19-34-26(20-33-21)27(38)35-25(18-22-10-12-24(32)13-11-22)28(39)37-16-14-31(15-17-37,23-8-6-5-7-9-23)29(40)36-30(2,3)4;;/h10-13,21,23,25-26,33-34H,5-9,14-20H2,1-4H3,(H,35,38)(H,36,40);2*1H/t21-,25+,26-;;/m0../s1. The van der Waals surface area contributed by atoms with Gasteiger partial charge in [0, 0.05) is 44.2 Å². The van der Waals surface area contributed by atoms with E-state index in [1.807, 2.05) is 32.6 Å². The molecule has 3 aliphatic rings. The molecule has 2 heterocycles. The van der Waals surface area contributed by atoms with Crippen LogP contribution in [-0.4, -0.2) is 72.5 Å². The Morgan fingerprint density at radius 2 is 1.62 bits per heavy atom. The summed E-state index contributed by atoms with van der Waals surface area (Å²) in [5, 5.41) is 12.8. The van der Waals surface area contributed by atoms with Crippen LogP contribution in [0.25, 0.3) is 0 Å². The molecule has 3 amide bonds. The second-order valence-corrected chi connectivity index (χ2v) is 13.2. The number of nitrogens with zero attached hydrogens (tertiary/aromatic N) is 1. The van der Waals surface area contributed by atoms with Gasteiger partial charge in [0.05, 0.1) is 11.5 Å². The highest BCUT2D eigenvalue weighted by molar-refractivity contribution is 5.91. The molecule has 8 nitrogen and oxygen atoms in total. The molecular weight excluding hydrogens is 580 g/mol. The maximum Gasteiger partial charge on any atom is 0.245 e. The number of likely N-dealkylation sites (tertiary alicyclic amines) is 1. The van der Waals surface area contributed by atoms with Crippen molar-refractivity contribution in [3.63, 3.8) is 0 Å². The summed E-state index contributed by atoms with van der Waals surface area (Å²) in [6, 6.07) is 5.13. The molecule has 0 radical (unpaired) electrons. The topological polar surface area (TPSA) is 103 Å². The van der Waals surface area contributed by atoms with Gasteiger partial charge in [-0.05, 0) is 77.0 Å². The Morgan fingerprint density at radius 3 is 2.17 bits per heavy atom. The maximum absolute atomic E-state index is 13.9. The number of hydrogen-bond acceptors (Lipinski definition) is 5. The zero-order valence-electron chi connectivity index (χ0n) is 25.5. The number of carbonyl (C=O) groups excluding carboxylic acids is 3. The van der Waals surface area contributed by atoms with E-state index in [0.717, 1.165) is 31.2 Å². The van der Waals surface area contributed by atoms with Gasteiger partial charge in [-0.25, -0.2) is 4.39 Å². The largest absolute Gasteiger partial charge is 0.351 e. The van der Waals surface area contributed by atoms with Gasteiger partial charge in [-0.1, -0.05) is 31.4 Å². The quantitative estimate of drug-likeness (QED) is 0.368. The number of nitrogens with one attached hydrogen (secondary N) is 4. The van der Waals surface area contributed by atoms with Crippen molar-refractivity contribution in [3.8, 4) is 0 Å². The first-order chi connectivity index (χ1) is 19.0. The summed E-state index contributed by atoms with van der Waals surface area (Å²) in [5.41, 5.74) is -0.0218. The molecule has 0 spiro atoms. The van der Waals surface area contributed by atoms with Gasteiger partial charge in [0.15, 0.2) is 0 Å². The second kappa shape index (κ2) is 15.7. The fourth-order valence-corrected chi connectivity index (χ4v) is 6.58. The monoisotopic (exact) mass is 629 g/mol. The summed E-state index contributed by atoms with van der Waals surface area (Å²) >= 11 is 0. The maximum atomic E-state index is 13.9. The van der Waals surface area contributed by atoms with Crippen LogP contribution in [0.2, 0.25) is 0 Å². The Morgan fingerprint density at radius 1 is 1.00 bits per heavy atom. The van der Waals surface area contributed by atoms with Gasteiger partial charge in [-0.2, -0.15) is 0 Å². The first-order valence-corrected chi connectivity index (χ1v) is 15.1. The smallest absolute Gasteiger partial charge is 0.245 e. The van der Waals surface area contributed by atoms with Crippen LogP contribution in [0.5, 0.6) is 0 Å². The van der Waals surface area contributed by atoms with Gasteiger partial charge in [0.1, 0.15) is 11.9 Å². The molecule has 42 heavy (non-hydrogen) atoms. The molecule has 4 rings (SSSR count). The van der Waals surface area contributed by atoms with E-state index in [9.17, 15) is 18.8 Å². The Bertz CT molecular complexity index is 1030. The number of rotatable bonds is 7. The zero-order valence-corrected chi connectivity index (χ0v) is 27.1. The summed E-state index contributed by atoms with van der Waals surface area (Å²) in [6.07, 6.45) is 7.12. The predicted molar refractivity (Wildman–Crippen MR) is 169 cm³/mol. The summed E-state index contributed by atoms with van der Waals surface area (Å²) in [6.45, 7) is 10.2. The highest BCUT2D eigenvalue weighted by Gasteiger charge is 2.49. The fourth-order valence-electron chi connectivity index (χ4n) is 6.58.